The van der Waals surface area contributed by atoms with E-state index >= 15 is 0 Å². The van der Waals surface area contributed by atoms with E-state index in [0.29, 0.717) is 0 Å². The van der Waals surface area contributed by atoms with Crippen molar-refractivity contribution in [2.75, 3.05) is 0 Å². The molecular formula is C14H12ClN3. The Labute approximate surface area is 110 Å². The Balaban J connectivity index is 1.99. The molecule has 0 amide bonds. The lowest BCUT2D eigenvalue weighted by Gasteiger charge is -2.01. The Bertz CT molecular complexity index is 686. The number of halogens is 1. The van der Waals surface area contributed by atoms with Gasteiger partial charge in [-0.25, -0.2) is 0 Å². The minimum absolute atomic E-state index is 0.751. The van der Waals surface area contributed by atoms with E-state index in [4.69, 9.17) is 11.6 Å². The lowest BCUT2D eigenvalue weighted by Crippen LogP contribution is -1.96. The van der Waals surface area contributed by atoms with E-state index in [2.05, 4.69) is 23.3 Å². The van der Waals surface area contributed by atoms with Crippen LogP contribution in [0.2, 0.25) is 5.02 Å². The van der Waals surface area contributed by atoms with Gasteiger partial charge in [0.25, 0.3) is 0 Å². The summed E-state index contributed by atoms with van der Waals surface area (Å²) >= 11 is 5.88. The van der Waals surface area contributed by atoms with E-state index in [1.54, 1.807) is 0 Å². The minimum Gasteiger partial charge on any atom is -0.286 e. The first kappa shape index (κ1) is 11.2. The normalized spacial score (nSPS) is 11.0. The van der Waals surface area contributed by atoms with Gasteiger partial charge in [0, 0.05) is 17.6 Å². The van der Waals surface area contributed by atoms with Gasteiger partial charge in [0.15, 0.2) is 5.65 Å². The molecule has 4 heteroatoms. The molecule has 0 unspecified atom stereocenters. The molecule has 0 saturated carbocycles. The Morgan fingerprint density at radius 1 is 1.06 bits per heavy atom. The first-order valence-corrected chi connectivity index (χ1v) is 6.15. The summed E-state index contributed by atoms with van der Waals surface area (Å²) in [6.45, 7) is 2.06. The maximum atomic E-state index is 5.88. The fourth-order valence-electron chi connectivity index (χ4n) is 1.95. The average molecular weight is 258 g/mol. The van der Waals surface area contributed by atoms with Gasteiger partial charge in [-0.3, -0.25) is 4.40 Å². The Morgan fingerprint density at radius 2 is 1.83 bits per heavy atom. The lowest BCUT2D eigenvalue weighted by molar-refractivity contribution is 0.931. The van der Waals surface area contributed by atoms with Gasteiger partial charge in [-0.2, -0.15) is 0 Å². The molecule has 0 fully saturated rings. The number of nitrogens with zero attached hydrogens (tertiary/aromatic N) is 3. The fourth-order valence-corrected chi connectivity index (χ4v) is 2.08. The van der Waals surface area contributed by atoms with E-state index in [-0.39, 0.29) is 0 Å². The van der Waals surface area contributed by atoms with Crippen LogP contribution < -0.4 is 0 Å². The molecule has 0 spiro atoms. The fraction of sp³-hybridized carbons (Fsp3) is 0.143. The zero-order valence-corrected chi connectivity index (χ0v) is 10.7. The second-order valence-electron chi connectivity index (χ2n) is 4.35. The number of rotatable bonds is 2. The SMILES string of the molecule is Cc1ccc2nnc(Cc3ccc(Cl)cc3)n2c1. The third-order valence-corrected chi connectivity index (χ3v) is 3.15. The van der Waals surface area contributed by atoms with Crippen molar-refractivity contribution in [3.05, 3.63) is 64.6 Å². The van der Waals surface area contributed by atoms with E-state index in [1.165, 1.54) is 11.1 Å². The van der Waals surface area contributed by atoms with Crippen LogP contribution in [0.3, 0.4) is 0 Å². The lowest BCUT2D eigenvalue weighted by atomic mass is 10.1. The summed E-state index contributed by atoms with van der Waals surface area (Å²) < 4.78 is 2.03. The molecule has 18 heavy (non-hydrogen) atoms. The number of aryl methyl sites for hydroxylation is 1. The molecule has 2 heterocycles. The molecular weight excluding hydrogens is 246 g/mol. The van der Waals surface area contributed by atoms with Gasteiger partial charge in [-0.15, -0.1) is 10.2 Å². The summed E-state index contributed by atoms with van der Waals surface area (Å²) in [4.78, 5) is 0. The molecule has 2 aromatic heterocycles. The highest BCUT2D eigenvalue weighted by atomic mass is 35.5. The quantitative estimate of drug-likeness (QED) is 0.705. The van der Waals surface area contributed by atoms with Crippen molar-refractivity contribution in [3.8, 4) is 0 Å². The molecule has 0 saturated heterocycles. The van der Waals surface area contributed by atoms with Crippen LogP contribution in [0.25, 0.3) is 5.65 Å². The summed E-state index contributed by atoms with van der Waals surface area (Å²) in [5.74, 6) is 0.941. The second-order valence-corrected chi connectivity index (χ2v) is 4.79. The molecule has 0 radical (unpaired) electrons. The monoisotopic (exact) mass is 257 g/mol. The van der Waals surface area contributed by atoms with Gasteiger partial charge in [-0.05, 0) is 36.2 Å². The maximum Gasteiger partial charge on any atom is 0.160 e. The van der Waals surface area contributed by atoms with Crippen molar-refractivity contribution < 1.29 is 0 Å². The van der Waals surface area contributed by atoms with Crippen molar-refractivity contribution in [2.24, 2.45) is 0 Å². The highest BCUT2D eigenvalue weighted by molar-refractivity contribution is 6.30. The van der Waals surface area contributed by atoms with Crippen molar-refractivity contribution in [1.82, 2.24) is 14.6 Å². The summed E-state index contributed by atoms with van der Waals surface area (Å²) in [5.41, 5.74) is 3.25. The van der Waals surface area contributed by atoms with Crippen molar-refractivity contribution >= 4 is 17.2 Å². The average Bonchev–Trinajstić information content (AvgIpc) is 2.75. The molecule has 3 nitrogen and oxygen atoms in total. The molecule has 0 aliphatic rings. The van der Waals surface area contributed by atoms with E-state index in [1.807, 2.05) is 40.8 Å². The number of aromatic nitrogens is 3. The van der Waals surface area contributed by atoms with Crippen LogP contribution in [0.1, 0.15) is 17.0 Å². The summed E-state index contributed by atoms with van der Waals surface area (Å²) in [6.07, 6.45) is 2.81. The van der Waals surface area contributed by atoms with E-state index in [9.17, 15) is 0 Å². The van der Waals surface area contributed by atoms with Crippen LogP contribution in [0.5, 0.6) is 0 Å². The van der Waals surface area contributed by atoms with E-state index < -0.39 is 0 Å². The largest absolute Gasteiger partial charge is 0.286 e. The zero-order valence-electron chi connectivity index (χ0n) is 9.97. The Hall–Kier alpha value is -1.87. The number of pyridine rings is 1. The maximum absolute atomic E-state index is 5.88. The molecule has 0 bridgehead atoms. The molecule has 0 N–H and O–H groups in total. The molecule has 3 aromatic rings. The van der Waals surface area contributed by atoms with Crippen LogP contribution in [-0.4, -0.2) is 14.6 Å². The predicted molar refractivity (Wildman–Crippen MR) is 72.0 cm³/mol. The summed E-state index contributed by atoms with van der Waals surface area (Å²) in [5, 5.41) is 9.15. The third-order valence-electron chi connectivity index (χ3n) is 2.90. The standard InChI is InChI=1S/C14H12ClN3/c1-10-2-7-13-16-17-14(18(13)9-10)8-11-3-5-12(15)6-4-11/h2-7,9H,8H2,1H3. The van der Waals surface area contributed by atoms with Gasteiger partial charge in [0.2, 0.25) is 0 Å². The van der Waals surface area contributed by atoms with Crippen LogP contribution >= 0.6 is 11.6 Å². The van der Waals surface area contributed by atoms with Crippen molar-refractivity contribution in [1.29, 1.82) is 0 Å². The van der Waals surface area contributed by atoms with Crippen LogP contribution in [0.15, 0.2) is 42.6 Å². The molecule has 0 atom stereocenters. The summed E-state index contributed by atoms with van der Waals surface area (Å²) in [6, 6.07) is 11.8. The molecule has 90 valence electrons. The first-order valence-electron chi connectivity index (χ1n) is 5.77. The van der Waals surface area contributed by atoms with Crippen LogP contribution in [-0.2, 0) is 6.42 Å². The van der Waals surface area contributed by atoms with Crippen LogP contribution in [0, 0.1) is 6.92 Å². The van der Waals surface area contributed by atoms with Crippen molar-refractivity contribution in [2.45, 2.75) is 13.3 Å². The highest BCUT2D eigenvalue weighted by Gasteiger charge is 2.06. The van der Waals surface area contributed by atoms with Gasteiger partial charge in [-0.1, -0.05) is 29.8 Å². The third kappa shape index (κ3) is 2.09. The van der Waals surface area contributed by atoms with Crippen molar-refractivity contribution in [3.63, 3.8) is 0 Å². The minimum atomic E-state index is 0.751. The Morgan fingerprint density at radius 3 is 2.61 bits per heavy atom. The number of benzene rings is 1. The molecule has 0 aliphatic heterocycles. The summed E-state index contributed by atoms with van der Waals surface area (Å²) in [7, 11) is 0. The number of hydrogen-bond acceptors (Lipinski definition) is 2. The second kappa shape index (κ2) is 4.42. The van der Waals surface area contributed by atoms with Gasteiger partial charge < -0.3 is 0 Å². The van der Waals surface area contributed by atoms with Crippen LogP contribution in [0.4, 0.5) is 0 Å². The smallest absolute Gasteiger partial charge is 0.160 e. The topological polar surface area (TPSA) is 30.2 Å². The van der Waals surface area contributed by atoms with Gasteiger partial charge in [0.05, 0.1) is 0 Å². The molecule has 3 rings (SSSR count). The number of fused-ring (bicyclic) bond motifs is 1. The molecule has 1 aromatic carbocycles. The predicted octanol–water partition coefficient (Wildman–Crippen LogP) is 3.28. The zero-order chi connectivity index (χ0) is 12.5. The number of hydrogen-bond donors (Lipinski definition) is 0. The van der Waals surface area contributed by atoms with E-state index in [0.717, 1.165) is 22.9 Å². The van der Waals surface area contributed by atoms with Gasteiger partial charge >= 0.3 is 0 Å². The Kier molecular flexibility index (Phi) is 2.76. The first-order chi connectivity index (χ1) is 8.72. The highest BCUT2D eigenvalue weighted by Crippen LogP contribution is 2.14. The molecule has 0 aliphatic carbocycles. The van der Waals surface area contributed by atoms with Gasteiger partial charge in [0.1, 0.15) is 5.82 Å².